The summed E-state index contributed by atoms with van der Waals surface area (Å²) in [6, 6.07) is 6.25. The van der Waals surface area contributed by atoms with E-state index in [4.69, 9.17) is 4.74 Å². The van der Waals surface area contributed by atoms with Gasteiger partial charge in [0, 0.05) is 30.8 Å². The number of aryl methyl sites for hydroxylation is 1. The minimum Gasteiger partial charge on any atom is -0.376 e. The van der Waals surface area contributed by atoms with Crippen LogP contribution in [0.15, 0.2) is 24.4 Å². The lowest BCUT2D eigenvalue weighted by atomic mass is 9.80. The van der Waals surface area contributed by atoms with E-state index in [1.165, 1.54) is 12.0 Å². The lowest BCUT2D eigenvalue weighted by Gasteiger charge is -2.40. The number of hydrogen-bond donors (Lipinski definition) is 2. The van der Waals surface area contributed by atoms with Crippen LogP contribution in [0.1, 0.15) is 30.4 Å². The molecule has 2 N–H and O–H groups in total. The van der Waals surface area contributed by atoms with Gasteiger partial charge in [-0.2, -0.15) is 0 Å². The lowest BCUT2D eigenvalue weighted by molar-refractivity contribution is -0.124. The third kappa shape index (κ3) is 2.81. The van der Waals surface area contributed by atoms with Gasteiger partial charge in [-0.25, -0.2) is 0 Å². The van der Waals surface area contributed by atoms with Crippen molar-refractivity contribution in [2.75, 3.05) is 13.7 Å². The van der Waals surface area contributed by atoms with Crippen molar-refractivity contribution >= 4 is 16.8 Å². The molecule has 0 saturated heterocycles. The highest BCUT2D eigenvalue weighted by atomic mass is 16.5. The Morgan fingerprint density at radius 3 is 2.90 bits per heavy atom. The molecule has 2 aromatic rings. The van der Waals surface area contributed by atoms with Gasteiger partial charge in [0.2, 0.25) is 5.91 Å². The van der Waals surface area contributed by atoms with E-state index < -0.39 is 0 Å². The van der Waals surface area contributed by atoms with E-state index in [9.17, 15) is 4.79 Å². The minimum absolute atomic E-state index is 0.0554. The van der Waals surface area contributed by atoms with Crippen LogP contribution < -0.4 is 5.32 Å². The lowest BCUT2D eigenvalue weighted by Crippen LogP contribution is -2.49. The van der Waals surface area contributed by atoms with Crippen molar-refractivity contribution in [3.63, 3.8) is 0 Å². The van der Waals surface area contributed by atoms with Crippen LogP contribution in [0.3, 0.4) is 0 Å². The average Bonchev–Trinajstić information content (AvgIpc) is 2.80. The third-order valence-corrected chi connectivity index (χ3v) is 4.58. The van der Waals surface area contributed by atoms with Crippen molar-refractivity contribution in [2.45, 2.75) is 38.2 Å². The number of rotatable bonds is 5. The molecule has 1 fully saturated rings. The van der Waals surface area contributed by atoms with Gasteiger partial charge in [-0.1, -0.05) is 12.1 Å². The Morgan fingerprint density at radius 1 is 1.43 bits per heavy atom. The highest BCUT2D eigenvalue weighted by Crippen LogP contribution is 2.34. The molecule has 1 saturated carbocycles. The summed E-state index contributed by atoms with van der Waals surface area (Å²) in [5.74, 6) is 0.0554. The second-order valence-corrected chi connectivity index (χ2v) is 6.06. The number of methoxy groups -OCH3 is 1. The van der Waals surface area contributed by atoms with E-state index in [0.717, 1.165) is 29.3 Å². The first kappa shape index (κ1) is 14.1. The largest absolute Gasteiger partial charge is 0.376 e. The van der Waals surface area contributed by atoms with Gasteiger partial charge in [-0.15, -0.1) is 0 Å². The minimum atomic E-state index is -0.118. The van der Waals surface area contributed by atoms with Crippen molar-refractivity contribution in [1.82, 2.24) is 10.3 Å². The zero-order valence-electron chi connectivity index (χ0n) is 12.7. The van der Waals surface area contributed by atoms with Gasteiger partial charge >= 0.3 is 0 Å². The molecule has 1 aromatic heterocycles. The number of ether oxygens (including phenoxy) is 1. The molecule has 0 unspecified atom stereocenters. The number of fused-ring (bicyclic) bond motifs is 1. The maximum absolute atomic E-state index is 12.1. The first-order chi connectivity index (χ1) is 10.1. The van der Waals surface area contributed by atoms with Gasteiger partial charge in [0.25, 0.3) is 0 Å². The molecule has 0 bridgehead atoms. The molecule has 4 nitrogen and oxygen atoms in total. The van der Waals surface area contributed by atoms with Gasteiger partial charge in [0.1, 0.15) is 0 Å². The molecule has 21 heavy (non-hydrogen) atoms. The summed E-state index contributed by atoms with van der Waals surface area (Å²) in [4.78, 5) is 15.4. The Hall–Kier alpha value is -1.81. The summed E-state index contributed by atoms with van der Waals surface area (Å²) in [7, 11) is 1.73. The van der Waals surface area contributed by atoms with E-state index in [-0.39, 0.29) is 11.5 Å². The first-order valence-electron chi connectivity index (χ1n) is 7.50. The smallest absolute Gasteiger partial charge is 0.224 e. The number of carbonyl (C=O) groups excluding carboxylic acids is 1. The summed E-state index contributed by atoms with van der Waals surface area (Å²) in [6.07, 6.45) is 5.60. The highest BCUT2D eigenvalue weighted by molar-refractivity contribution is 5.89. The van der Waals surface area contributed by atoms with E-state index >= 15 is 0 Å². The molecule has 3 rings (SSSR count). The zero-order valence-corrected chi connectivity index (χ0v) is 12.7. The van der Waals surface area contributed by atoms with Crippen LogP contribution in [0, 0.1) is 6.92 Å². The highest BCUT2D eigenvalue weighted by Gasteiger charge is 2.37. The molecule has 0 radical (unpaired) electrons. The first-order valence-corrected chi connectivity index (χ1v) is 7.50. The molecule has 1 aliphatic carbocycles. The van der Waals surface area contributed by atoms with Gasteiger partial charge in [0.15, 0.2) is 0 Å². The summed E-state index contributed by atoms with van der Waals surface area (Å²) in [5, 5.41) is 4.14. The fourth-order valence-corrected chi connectivity index (χ4v) is 2.97. The molecule has 112 valence electrons. The zero-order chi connectivity index (χ0) is 14.9. The Balaban J connectivity index is 1.63. The van der Waals surface area contributed by atoms with Crippen LogP contribution >= 0.6 is 0 Å². The van der Waals surface area contributed by atoms with Crippen LogP contribution in [-0.2, 0) is 16.0 Å². The van der Waals surface area contributed by atoms with Crippen LogP contribution in [-0.4, -0.2) is 30.1 Å². The maximum atomic E-state index is 12.1. The summed E-state index contributed by atoms with van der Waals surface area (Å²) in [5.41, 5.74) is 3.23. The number of amides is 1. The van der Waals surface area contributed by atoms with Crippen molar-refractivity contribution in [1.29, 1.82) is 0 Å². The Bertz CT molecular complexity index is 650. The van der Waals surface area contributed by atoms with Crippen molar-refractivity contribution in [2.24, 2.45) is 0 Å². The second-order valence-electron chi connectivity index (χ2n) is 6.06. The maximum Gasteiger partial charge on any atom is 0.224 e. The molecule has 1 amide bonds. The fraction of sp³-hybridized carbons (Fsp3) is 0.471. The predicted octanol–water partition coefficient (Wildman–Crippen LogP) is 2.70. The molecule has 1 heterocycles. The van der Waals surface area contributed by atoms with Crippen LogP contribution in [0.5, 0.6) is 0 Å². The molecule has 0 aliphatic heterocycles. The standard InChI is InChI=1S/C17H22N2O2/c1-12-4-5-14-13(10-18-15(14)8-12)9-16(20)19-11-17(21-2)6-3-7-17/h4-5,8,10,18H,3,6-7,9,11H2,1-2H3,(H,19,20). The number of aromatic nitrogens is 1. The fourth-order valence-electron chi connectivity index (χ4n) is 2.97. The quantitative estimate of drug-likeness (QED) is 0.888. The Morgan fingerprint density at radius 2 is 2.24 bits per heavy atom. The van der Waals surface area contributed by atoms with Gasteiger partial charge in [0.05, 0.1) is 12.0 Å². The summed E-state index contributed by atoms with van der Waals surface area (Å²) in [6.45, 7) is 2.68. The van der Waals surface area contributed by atoms with Crippen LogP contribution in [0.25, 0.3) is 10.9 Å². The van der Waals surface area contributed by atoms with Crippen molar-refractivity contribution in [3.05, 3.63) is 35.5 Å². The molecule has 0 atom stereocenters. The van der Waals surface area contributed by atoms with Gasteiger partial charge in [-0.05, 0) is 43.4 Å². The topological polar surface area (TPSA) is 54.1 Å². The van der Waals surface area contributed by atoms with Crippen molar-refractivity contribution < 1.29 is 9.53 Å². The third-order valence-electron chi connectivity index (χ3n) is 4.58. The monoisotopic (exact) mass is 286 g/mol. The molecule has 0 spiro atoms. The number of hydrogen-bond acceptors (Lipinski definition) is 2. The van der Waals surface area contributed by atoms with Gasteiger partial charge in [-0.3, -0.25) is 4.79 Å². The Kier molecular flexibility index (Phi) is 3.72. The van der Waals surface area contributed by atoms with E-state index in [1.807, 2.05) is 6.20 Å². The van der Waals surface area contributed by atoms with Gasteiger partial charge < -0.3 is 15.0 Å². The predicted molar refractivity (Wildman–Crippen MR) is 83.3 cm³/mol. The average molecular weight is 286 g/mol. The molecular formula is C17H22N2O2. The van der Waals surface area contributed by atoms with Crippen LogP contribution in [0.4, 0.5) is 0 Å². The number of carbonyl (C=O) groups is 1. The SMILES string of the molecule is COC1(CNC(=O)Cc2c[nH]c3cc(C)ccc23)CCC1. The normalized spacial score (nSPS) is 16.7. The second kappa shape index (κ2) is 5.53. The molecule has 4 heteroatoms. The van der Waals surface area contributed by atoms with Crippen molar-refractivity contribution in [3.8, 4) is 0 Å². The molecule has 1 aliphatic rings. The number of benzene rings is 1. The summed E-state index contributed by atoms with van der Waals surface area (Å²) >= 11 is 0. The number of H-pyrrole nitrogens is 1. The van der Waals surface area contributed by atoms with E-state index in [0.29, 0.717) is 13.0 Å². The van der Waals surface area contributed by atoms with E-state index in [1.54, 1.807) is 7.11 Å². The number of aromatic amines is 1. The van der Waals surface area contributed by atoms with E-state index in [2.05, 4.69) is 35.4 Å². The molecular weight excluding hydrogens is 264 g/mol. The molecule has 1 aromatic carbocycles. The Labute approximate surface area is 124 Å². The number of nitrogens with one attached hydrogen (secondary N) is 2. The van der Waals surface area contributed by atoms with Crippen LogP contribution in [0.2, 0.25) is 0 Å². The summed E-state index contributed by atoms with van der Waals surface area (Å²) < 4.78 is 5.52.